The molecule has 0 saturated carbocycles. The highest BCUT2D eigenvalue weighted by molar-refractivity contribution is 6.07. The topological polar surface area (TPSA) is 130 Å². The van der Waals surface area contributed by atoms with Gasteiger partial charge < -0.3 is 4.74 Å². The number of ether oxygens (including phenoxy) is 1. The summed E-state index contributed by atoms with van der Waals surface area (Å²) in [6, 6.07) is 12.3. The third-order valence-corrected chi connectivity index (χ3v) is 5.10. The number of pyridine rings is 2. The SMILES string of the molecule is CCOC(=O)c1cc2c3cccc[n+]3c(N(C)C)n2c2cc(C)c(C)cc12.[O-][Cl+3]([O-])([O-])[O-]. The number of hydrogen-bond acceptors (Lipinski definition) is 7. The fraction of sp³-hybridized carbons (Fsp3) is 0.273. The fourth-order valence-electron chi connectivity index (χ4n) is 3.74. The number of halogens is 1. The number of benzene rings is 1. The number of anilines is 1. The fourth-order valence-corrected chi connectivity index (χ4v) is 3.74. The van der Waals surface area contributed by atoms with Gasteiger partial charge in [-0.1, -0.05) is 6.07 Å². The number of aromatic nitrogens is 2. The normalized spacial score (nSPS) is 11.5. The molecule has 0 saturated heterocycles. The molecular formula is C22H24ClN3O6. The van der Waals surface area contributed by atoms with E-state index in [1.165, 1.54) is 5.56 Å². The predicted molar refractivity (Wildman–Crippen MR) is 108 cm³/mol. The molecule has 0 aliphatic carbocycles. The van der Waals surface area contributed by atoms with Crippen molar-refractivity contribution in [3.8, 4) is 0 Å². The summed E-state index contributed by atoms with van der Waals surface area (Å²) < 4.78 is 43.7. The highest BCUT2D eigenvalue weighted by Crippen LogP contribution is 2.30. The van der Waals surface area contributed by atoms with Gasteiger partial charge in [-0.2, -0.15) is 4.40 Å². The lowest BCUT2D eigenvalue weighted by atomic mass is 10.0. The van der Waals surface area contributed by atoms with Gasteiger partial charge in [0.05, 0.1) is 32.5 Å². The molecule has 0 spiro atoms. The highest BCUT2D eigenvalue weighted by atomic mass is 35.7. The van der Waals surface area contributed by atoms with E-state index in [9.17, 15) is 4.79 Å². The average Bonchev–Trinajstić information content (AvgIpc) is 3.02. The first-order valence-corrected chi connectivity index (χ1v) is 11.0. The Labute approximate surface area is 187 Å². The van der Waals surface area contributed by atoms with Gasteiger partial charge in [-0.05, 0) is 62.2 Å². The Morgan fingerprint density at radius 2 is 1.69 bits per heavy atom. The van der Waals surface area contributed by atoms with E-state index in [4.69, 9.17) is 23.4 Å². The maximum absolute atomic E-state index is 12.7. The predicted octanol–water partition coefficient (Wildman–Crippen LogP) is -1.07. The molecule has 9 nitrogen and oxygen atoms in total. The first-order valence-electron chi connectivity index (χ1n) is 9.79. The van der Waals surface area contributed by atoms with E-state index >= 15 is 0 Å². The Bertz CT molecular complexity index is 1300. The van der Waals surface area contributed by atoms with E-state index < -0.39 is 10.2 Å². The lowest BCUT2D eigenvalue weighted by molar-refractivity contribution is -2.00. The molecule has 3 heterocycles. The minimum atomic E-state index is -4.94. The average molecular weight is 462 g/mol. The van der Waals surface area contributed by atoms with Crippen molar-refractivity contribution in [1.29, 1.82) is 0 Å². The second kappa shape index (κ2) is 8.89. The smallest absolute Gasteiger partial charge is 0.369 e. The zero-order valence-electron chi connectivity index (χ0n) is 18.4. The summed E-state index contributed by atoms with van der Waals surface area (Å²) in [5, 5.41) is 0.910. The number of hydrogen-bond donors (Lipinski definition) is 0. The van der Waals surface area contributed by atoms with Crippen LogP contribution in [0, 0.1) is 24.1 Å². The first kappa shape index (κ1) is 23.7. The van der Waals surface area contributed by atoms with Crippen molar-refractivity contribution in [3.63, 3.8) is 0 Å². The number of nitrogens with zero attached hydrogens (tertiary/aromatic N) is 3. The standard InChI is InChI=1S/C22H24N3O2.ClHO4/c1-6-27-21(26)17-13-20-18-9-7-8-10-24(18)22(23(4)5)25(20)19-12-15(3)14(2)11-16(17)19;2-1(3,4)5/h7-13H,6H2,1-5H3;(H,2,3,4,5)/q+1;/p-1. The first-order chi connectivity index (χ1) is 14.9. The third kappa shape index (κ3) is 4.62. The van der Waals surface area contributed by atoms with Gasteiger partial charge in [0, 0.05) is 5.39 Å². The van der Waals surface area contributed by atoms with Crippen molar-refractivity contribution in [2.24, 2.45) is 0 Å². The second-order valence-electron chi connectivity index (χ2n) is 7.48. The summed E-state index contributed by atoms with van der Waals surface area (Å²) in [7, 11) is -0.874. The maximum Gasteiger partial charge on any atom is 0.369 e. The van der Waals surface area contributed by atoms with Crippen molar-refractivity contribution in [2.75, 3.05) is 25.6 Å². The van der Waals surface area contributed by atoms with E-state index in [0.717, 1.165) is 33.4 Å². The summed E-state index contributed by atoms with van der Waals surface area (Å²) in [6.45, 7) is 6.36. The maximum atomic E-state index is 12.7. The molecule has 4 rings (SSSR count). The molecule has 0 aliphatic rings. The molecule has 0 aliphatic heterocycles. The van der Waals surface area contributed by atoms with Crippen molar-refractivity contribution in [2.45, 2.75) is 20.8 Å². The lowest BCUT2D eigenvalue weighted by Crippen LogP contribution is -2.68. The van der Waals surface area contributed by atoms with Crippen molar-refractivity contribution < 1.29 is 42.8 Å². The summed E-state index contributed by atoms with van der Waals surface area (Å²) >= 11 is 0. The molecule has 0 fully saturated rings. The Morgan fingerprint density at radius 1 is 1.06 bits per heavy atom. The Balaban J connectivity index is 0.000000523. The van der Waals surface area contributed by atoms with Crippen LogP contribution in [0.5, 0.6) is 0 Å². The molecule has 170 valence electrons. The van der Waals surface area contributed by atoms with Crippen LogP contribution in [0.4, 0.5) is 5.95 Å². The highest BCUT2D eigenvalue weighted by Gasteiger charge is 2.26. The summed E-state index contributed by atoms with van der Waals surface area (Å²) in [5.41, 5.74) is 5.99. The molecule has 0 N–H and O–H groups in total. The molecule has 0 unspecified atom stereocenters. The second-order valence-corrected chi connectivity index (χ2v) is 8.24. The van der Waals surface area contributed by atoms with Crippen LogP contribution in [0.1, 0.15) is 28.4 Å². The Kier molecular flexibility index (Phi) is 6.59. The zero-order chi connectivity index (χ0) is 23.8. The molecule has 0 amide bonds. The van der Waals surface area contributed by atoms with Gasteiger partial charge in [-0.15, -0.1) is 10.2 Å². The number of esters is 1. The minimum Gasteiger partial charge on any atom is -0.462 e. The molecule has 1 aromatic carbocycles. The zero-order valence-corrected chi connectivity index (χ0v) is 19.2. The van der Waals surface area contributed by atoms with Crippen LogP contribution in [0.15, 0.2) is 42.6 Å². The van der Waals surface area contributed by atoms with Gasteiger partial charge in [0.25, 0.3) is 0 Å². The summed E-state index contributed by atoms with van der Waals surface area (Å²) in [6.07, 6.45) is 2.05. The van der Waals surface area contributed by atoms with E-state index in [0.29, 0.717) is 12.2 Å². The molecule has 0 radical (unpaired) electrons. The van der Waals surface area contributed by atoms with Crippen LogP contribution in [0.2, 0.25) is 0 Å². The van der Waals surface area contributed by atoms with E-state index in [1.807, 2.05) is 39.2 Å². The molecule has 10 heteroatoms. The van der Waals surface area contributed by atoms with E-state index in [-0.39, 0.29) is 5.97 Å². The Hall–Kier alpha value is -2.95. The number of fused-ring (bicyclic) bond motifs is 5. The lowest BCUT2D eigenvalue weighted by Gasteiger charge is -2.17. The van der Waals surface area contributed by atoms with E-state index in [2.05, 4.69) is 51.9 Å². The van der Waals surface area contributed by atoms with Crippen LogP contribution in [-0.4, -0.2) is 31.1 Å². The van der Waals surface area contributed by atoms with Gasteiger partial charge in [0.2, 0.25) is 0 Å². The Morgan fingerprint density at radius 3 is 2.28 bits per heavy atom. The largest absolute Gasteiger partial charge is 0.462 e. The van der Waals surface area contributed by atoms with Crippen molar-refractivity contribution >= 4 is 33.9 Å². The van der Waals surface area contributed by atoms with Crippen molar-refractivity contribution in [3.05, 3.63) is 59.3 Å². The third-order valence-electron chi connectivity index (χ3n) is 5.10. The quantitative estimate of drug-likeness (QED) is 0.280. The molecule has 0 atom stereocenters. The van der Waals surface area contributed by atoms with Crippen LogP contribution in [0.3, 0.4) is 0 Å². The minimum absolute atomic E-state index is 0.282. The summed E-state index contributed by atoms with van der Waals surface area (Å²) in [5.74, 6) is 0.749. The van der Waals surface area contributed by atoms with Gasteiger partial charge in [-0.25, -0.2) is 27.8 Å². The van der Waals surface area contributed by atoms with Crippen LogP contribution < -0.4 is 27.9 Å². The van der Waals surface area contributed by atoms with Gasteiger partial charge >= 0.3 is 11.9 Å². The number of rotatable bonds is 3. The van der Waals surface area contributed by atoms with Crippen LogP contribution >= 0.6 is 0 Å². The molecular weight excluding hydrogens is 438 g/mol. The molecule has 4 aromatic rings. The number of imidazole rings is 1. The van der Waals surface area contributed by atoms with Crippen LogP contribution in [0.25, 0.3) is 21.9 Å². The number of carbonyl (C=O) groups excluding carboxylic acids is 1. The molecule has 3 aromatic heterocycles. The van der Waals surface area contributed by atoms with Crippen molar-refractivity contribution in [1.82, 2.24) is 4.40 Å². The van der Waals surface area contributed by atoms with Gasteiger partial charge in [-0.3, -0.25) is 4.90 Å². The van der Waals surface area contributed by atoms with E-state index in [1.54, 1.807) is 0 Å². The van der Waals surface area contributed by atoms with Gasteiger partial charge in [0.15, 0.2) is 0 Å². The number of aryl methyl sites for hydroxylation is 2. The van der Waals surface area contributed by atoms with Crippen LogP contribution in [-0.2, 0) is 4.74 Å². The molecule has 32 heavy (non-hydrogen) atoms. The number of carbonyl (C=O) groups is 1. The monoisotopic (exact) mass is 461 g/mol. The molecule has 0 bridgehead atoms. The summed E-state index contributed by atoms with van der Waals surface area (Å²) in [4.78, 5) is 14.8. The van der Waals surface area contributed by atoms with Gasteiger partial charge in [0.1, 0.15) is 16.6 Å².